The lowest BCUT2D eigenvalue weighted by Gasteiger charge is -2.08. The molecule has 0 unspecified atom stereocenters. The Hall–Kier alpha value is -2.85. The molecule has 140 valence electrons. The number of hydrogen-bond acceptors (Lipinski definition) is 7. The van der Waals surface area contributed by atoms with E-state index in [2.05, 4.69) is 15.6 Å². The van der Waals surface area contributed by atoms with Crippen molar-refractivity contribution in [3.8, 4) is 11.1 Å². The number of fused-ring (bicyclic) bond motifs is 1. The fourth-order valence-electron chi connectivity index (χ4n) is 2.37. The standard InChI is InChI=1S/C17H17N5O3S2/c1-19-12(23)7-20-13(24)9-27-17-21-15-14(16(25)22(17)18)11(8-26-15)10-5-3-2-4-6-10/h2-6,8H,7,9,18H2,1H3,(H,19,23)(H,20,24). The molecule has 2 heterocycles. The van der Waals surface area contributed by atoms with Gasteiger partial charge in [0.25, 0.3) is 5.56 Å². The van der Waals surface area contributed by atoms with Crippen molar-refractivity contribution in [1.82, 2.24) is 20.3 Å². The molecule has 2 aromatic heterocycles. The Morgan fingerprint density at radius 1 is 1.26 bits per heavy atom. The van der Waals surface area contributed by atoms with Crippen LogP contribution in [-0.2, 0) is 9.59 Å². The van der Waals surface area contributed by atoms with Gasteiger partial charge in [-0.2, -0.15) is 0 Å². The van der Waals surface area contributed by atoms with Crippen molar-refractivity contribution in [1.29, 1.82) is 0 Å². The SMILES string of the molecule is CNC(=O)CNC(=O)CSc1nc2scc(-c3ccccc3)c2c(=O)n1N. The summed E-state index contributed by atoms with van der Waals surface area (Å²) in [5.74, 6) is 5.26. The van der Waals surface area contributed by atoms with Gasteiger partial charge >= 0.3 is 0 Å². The van der Waals surface area contributed by atoms with Crippen LogP contribution in [0, 0.1) is 0 Å². The number of benzene rings is 1. The highest BCUT2D eigenvalue weighted by atomic mass is 32.2. The molecular weight excluding hydrogens is 386 g/mol. The quantitative estimate of drug-likeness (QED) is 0.318. The molecular formula is C17H17N5O3S2. The second-order valence-electron chi connectivity index (χ2n) is 5.50. The molecule has 3 rings (SSSR count). The summed E-state index contributed by atoms with van der Waals surface area (Å²) in [6.07, 6.45) is 0. The maximum absolute atomic E-state index is 12.7. The third-order valence-corrected chi connectivity index (χ3v) is 5.57. The summed E-state index contributed by atoms with van der Waals surface area (Å²) in [7, 11) is 1.49. The molecule has 8 nitrogen and oxygen atoms in total. The zero-order valence-electron chi connectivity index (χ0n) is 14.4. The van der Waals surface area contributed by atoms with Crippen molar-refractivity contribution in [2.45, 2.75) is 5.16 Å². The molecule has 0 bridgehead atoms. The van der Waals surface area contributed by atoms with E-state index in [0.29, 0.717) is 10.2 Å². The van der Waals surface area contributed by atoms with Crippen LogP contribution in [0.4, 0.5) is 0 Å². The molecule has 2 amide bonds. The average Bonchev–Trinajstić information content (AvgIpc) is 3.12. The lowest BCUT2D eigenvalue weighted by Crippen LogP contribution is -2.36. The van der Waals surface area contributed by atoms with Crippen LogP contribution in [0.2, 0.25) is 0 Å². The molecule has 4 N–H and O–H groups in total. The minimum Gasteiger partial charge on any atom is -0.358 e. The van der Waals surface area contributed by atoms with Gasteiger partial charge in [0.2, 0.25) is 11.8 Å². The summed E-state index contributed by atoms with van der Waals surface area (Å²) in [6, 6.07) is 9.54. The molecule has 0 fully saturated rings. The number of nitrogens with one attached hydrogen (secondary N) is 2. The van der Waals surface area contributed by atoms with E-state index in [1.54, 1.807) is 0 Å². The molecule has 0 atom stereocenters. The van der Waals surface area contributed by atoms with E-state index in [4.69, 9.17) is 5.84 Å². The molecule has 0 spiro atoms. The molecule has 0 aliphatic rings. The smallest absolute Gasteiger partial charge is 0.282 e. The van der Waals surface area contributed by atoms with Crippen LogP contribution in [0.1, 0.15) is 0 Å². The van der Waals surface area contributed by atoms with Gasteiger partial charge in [0.1, 0.15) is 4.83 Å². The number of nitrogens with two attached hydrogens (primary N) is 1. The van der Waals surface area contributed by atoms with E-state index in [1.807, 2.05) is 35.7 Å². The number of carbonyl (C=O) groups excluding carboxylic acids is 2. The van der Waals surface area contributed by atoms with Gasteiger partial charge in [0, 0.05) is 18.0 Å². The largest absolute Gasteiger partial charge is 0.358 e. The van der Waals surface area contributed by atoms with Crippen LogP contribution in [-0.4, -0.2) is 40.8 Å². The van der Waals surface area contributed by atoms with E-state index < -0.39 is 0 Å². The van der Waals surface area contributed by atoms with Gasteiger partial charge in [-0.25, -0.2) is 9.66 Å². The van der Waals surface area contributed by atoms with Crippen LogP contribution < -0.4 is 22.0 Å². The molecule has 10 heteroatoms. The maximum atomic E-state index is 12.7. The van der Waals surface area contributed by atoms with Crippen LogP contribution in [0.15, 0.2) is 45.7 Å². The zero-order valence-corrected chi connectivity index (χ0v) is 16.0. The number of nitrogen functional groups attached to an aromatic ring is 1. The maximum Gasteiger partial charge on any atom is 0.282 e. The van der Waals surface area contributed by atoms with Crippen LogP contribution in [0.25, 0.3) is 21.3 Å². The van der Waals surface area contributed by atoms with E-state index in [0.717, 1.165) is 27.6 Å². The summed E-state index contributed by atoms with van der Waals surface area (Å²) in [5, 5.41) is 7.46. The Kier molecular flexibility index (Phi) is 5.77. The Labute approximate surface area is 162 Å². The number of likely N-dealkylation sites (N-methyl/N-ethyl adjacent to an activating group) is 1. The molecule has 27 heavy (non-hydrogen) atoms. The van der Waals surface area contributed by atoms with E-state index in [9.17, 15) is 14.4 Å². The second kappa shape index (κ2) is 8.23. The van der Waals surface area contributed by atoms with Crippen molar-refractivity contribution in [3.63, 3.8) is 0 Å². The van der Waals surface area contributed by atoms with Crippen LogP contribution in [0.5, 0.6) is 0 Å². The van der Waals surface area contributed by atoms with E-state index >= 15 is 0 Å². The highest BCUT2D eigenvalue weighted by Gasteiger charge is 2.17. The first-order chi connectivity index (χ1) is 13.0. The first-order valence-electron chi connectivity index (χ1n) is 7.96. The van der Waals surface area contributed by atoms with Gasteiger partial charge in [0.05, 0.1) is 17.7 Å². The van der Waals surface area contributed by atoms with Crippen molar-refractivity contribution >= 4 is 45.1 Å². The summed E-state index contributed by atoms with van der Waals surface area (Å²) in [6.45, 7) is -0.108. The molecule has 0 radical (unpaired) electrons. The zero-order chi connectivity index (χ0) is 19.4. The third kappa shape index (κ3) is 4.12. The molecule has 0 aliphatic heterocycles. The Bertz CT molecular complexity index is 1050. The van der Waals surface area contributed by atoms with Gasteiger partial charge in [-0.3, -0.25) is 14.4 Å². The molecule has 0 aliphatic carbocycles. The van der Waals surface area contributed by atoms with Crippen molar-refractivity contribution in [2.75, 3.05) is 25.2 Å². The van der Waals surface area contributed by atoms with E-state index in [1.165, 1.54) is 18.4 Å². The number of aromatic nitrogens is 2. The first-order valence-corrected chi connectivity index (χ1v) is 9.82. The third-order valence-electron chi connectivity index (χ3n) is 3.75. The number of amides is 2. The van der Waals surface area contributed by atoms with Gasteiger partial charge in [-0.1, -0.05) is 42.1 Å². The number of thiophene rings is 1. The summed E-state index contributed by atoms with van der Waals surface area (Å²) in [5.41, 5.74) is 1.33. The normalized spacial score (nSPS) is 10.7. The predicted molar refractivity (Wildman–Crippen MR) is 107 cm³/mol. The van der Waals surface area contributed by atoms with E-state index in [-0.39, 0.29) is 34.8 Å². The number of nitrogens with zero attached hydrogens (tertiary/aromatic N) is 2. The summed E-state index contributed by atoms with van der Waals surface area (Å²) >= 11 is 2.39. The van der Waals surface area contributed by atoms with Crippen molar-refractivity contribution < 1.29 is 9.59 Å². The average molecular weight is 403 g/mol. The van der Waals surface area contributed by atoms with Gasteiger partial charge in [-0.05, 0) is 5.56 Å². The van der Waals surface area contributed by atoms with Crippen molar-refractivity contribution in [2.24, 2.45) is 0 Å². The predicted octanol–water partition coefficient (Wildman–Crippen LogP) is 0.793. The lowest BCUT2D eigenvalue weighted by molar-refractivity contribution is -0.124. The fraction of sp³-hybridized carbons (Fsp3) is 0.176. The molecule has 3 aromatic rings. The van der Waals surface area contributed by atoms with Gasteiger partial charge < -0.3 is 16.5 Å². The van der Waals surface area contributed by atoms with Gasteiger partial charge in [-0.15, -0.1) is 11.3 Å². The Balaban J connectivity index is 1.83. The first kappa shape index (κ1) is 18.9. The molecule has 0 saturated heterocycles. The Morgan fingerprint density at radius 3 is 2.70 bits per heavy atom. The lowest BCUT2D eigenvalue weighted by atomic mass is 10.1. The number of hydrogen-bond donors (Lipinski definition) is 3. The molecule has 0 saturated carbocycles. The number of carbonyl (C=O) groups is 2. The second-order valence-corrected chi connectivity index (χ2v) is 7.30. The summed E-state index contributed by atoms with van der Waals surface area (Å²) in [4.78, 5) is 40.7. The van der Waals surface area contributed by atoms with Crippen molar-refractivity contribution in [3.05, 3.63) is 46.1 Å². The minimum absolute atomic E-state index is 0.0109. The fourth-order valence-corrected chi connectivity index (χ4v) is 4.10. The van der Waals surface area contributed by atoms with Gasteiger partial charge in [0.15, 0.2) is 5.16 Å². The highest BCUT2D eigenvalue weighted by molar-refractivity contribution is 7.99. The topological polar surface area (TPSA) is 119 Å². The van der Waals surface area contributed by atoms with Crippen LogP contribution >= 0.6 is 23.1 Å². The monoisotopic (exact) mass is 403 g/mol. The summed E-state index contributed by atoms with van der Waals surface area (Å²) < 4.78 is 0.957. The number of thioether (sulfide) groups is 1. The van der Waals surface area contributed by atoms with Crippen LogP contribution in [0.3, 0.4) is 0 Å². The highest BCUT2D eigenvalue weighted by Crippen LogP contribution is 2.31. The number of rotatable bonds is 6. The minimum atomic E-state index is -0.367. The molecule has 1 aromatic carbocycles. The Morgan fingerprint density at radius 2 is 2.00 bits per heavy atom.